The highest BCUT2D eigenvalue weighted by Gasteiger charge is 2.22. The van der Waals surface area contributed by atoms with Gasteiger partial charge < -0.3 is 28.4 Å². The highest BCUT2D eigenvalue weighted by atomic mass is 32.2. The summed E-state index contributed by atoms with van der Waals surface area (Å²) in [6.07, 6.45) is 0.575. The molecule has 10 nitrogen and oxygen atoms in total. The van der Waals surface area contributed by atoms with Crippen LogP contribution in [0.3, 0.4) is 0 Å². The normalized spacial score (nSPS) is 13.9. The van der Waals surface area contributed by atoms with Crippen molar-refractivity contribution >= 4 is 21.8 Å². The number of benzene rings is 2. The molecule has 0 saturated carbocycles. The predicted octanol–water partition coefficient (Wildman–Crippen LogP) is 3.79. The maximum absolute atomic E-state index is 12.5. The number of hydrogen-bond acceptors (Lipinski definition) is 10. The maximum atomic E-state index is 12.5. The molecule has 0 heterocycles. The number of rotatable bonds is 17. The second-order valence-corrected chi connectivity index (χ2v) is 11.2. The van der Waals surface area contributed by atoms with Gasteiger partial charge in [0.25, 0.3) is 0 Å². The highest BCUT2D eigenvalue weighted by molar-refractivity contribution is 7.91. The first-order valence-electron chi connectivity index (χ1n) is 12.7. The van der Waals surface area contributed by atoms with Gasteiger partial charge in [-0.05, 0) is 56.7 Å². The van der Waals surface area contributed by atoms with Gasteiger partial charge in [-0.3, -0.25) is 4.79 Å². The molecule has 2 rings (SSSR count). The fourth-order valence-corrected chi connectivity index (χ4v) is 4.49. The van der Waals surface area contributed by atoms with E-state index >= 15 is 0 Å². The third-order valence-electron chi connectivity index (χ3n) is 5.70. The minimum atomic E-state index is -3.60. The zero-order chi connectivity index (χ0) is 29.5. The Hall–Kier alpha value is -3.25. The Labute approximate surface area is 236 Å². The Kier molecular flexibility index (Phi) is 13.8. The molecule has 0 aromatic heterocycles. The van der Waals surface area contributed by atoms with Crippen LogP contribution in [0.15, 0.2) is 65.6 Å². The number of ether oxygens (including phenoxy) is 6. The van der Waals surface area contributed by atoms with Crippen LogP contribution in [0.5, 0.6) is 5.75 Å². The van der Waals surface area contributed by atoms with Gasteiger partial charge in [0.1, 0.15) is 31.4 Å². The van der Waals surface area contributed by atoms with Gasteiger partial charge >= 0.3 is 11.9 Å². The van der Waals surface area contributed by atoms with Crippen LogP contribution in [0.2, 0.25) is 0 Å². The van der Waals surface area contributed by atoms with Gasteiger partial charge in [0, 0.05) is 13.2 Å². The van der Waals surface area contributed by atoms with E-state index < -0.39 is 40.1 Å². The lowest BCUT2D eigenvalue weighted by atomic mass is 10.2. The molecular weight excluding hydrogens is 540 g/mol. The molecule has 0 amide bonds. The summed E-state index contributed by atoms with van der Waals surface area (Å²) in [6.45, 7) is 5.12. The molecule has 220 valence electrons. The molecule has 0 aliphatic carbocycles. The summed E-state index contributed by atoms with van der Waals surface area (Å²) < 4.78 is 56.8. The first kappa shape index (κ1) is 33.0. The highest BCUT2D eigenvalue weighted by Crippen LogP contribution is 2.16. The van der Waals surface area contributed by atoms with Crippen LogP contribution in [0.25, 0.3) is 0 Å². The van der Waals surface area contributed by atoms with Gasteiger partial charge in [0.2, 0.25) is 0 Å². The summed E-state index contributed by atoms with van der Waals surface area (Å²) in [5.41, 5.74) is 1.77. The first-order chi connectivity index (χ1) is 19.0. The Morgan fingerprint density at radius 1 is 0.950 bits per heavy atom. The van der Waals surface area contributed by atoms with Crippen molar-refractivity contribution in [2.24, 2.45) is 0 Å². The van der Waals surface area contributed by atoms with E-state index in [9.17, 15) is 18.0 Å². The van der Waals surface area contributed by atoms with E-state index in [0.29, 0.717) is 5.75 Å². The smallest absolute Gasteiger partial charge is 0.330 e. The van der Waals surface area contributed by atoms with Gasteiger partial charge in [-0.1, -0.05) is 29.8 Å². The molecule has 0 radical (unpaired) electrons. The van der Waals surface area contributed by atoms with Crippen molar-refractivity contribution in [1.82, 2.24) is 0 Å². The second-order valence-electron chi connectivity index (χ2n) is 9.07. The summed E-state index contributed by atoms with van der Waals surface area (Å²) in [4.78, 5) is 24.9. The van der Waals surface area contributed by atoms with Gasteiger partial charge in [0.05, 0.1) is 36.9 Å². The molecule has 0 saturated heterocycles. The Morgan fingerprint density at radius 2 is 1.62 bits per heavy atom. The Balaban J connectivity index is 1.99. The minimum absolute atomic E-state index is 0.000112. The lowest BCUT2D eigenvalue weighted by Gasteiger charge is -2.23. The fourth-order valence-electron chi connectivity index (χ4n) is 3.40. The van der Waals surface area contributed by atoms with Crippen LogP contribution in [0, 0.1) is 6.92 Å². The van der Waals surface area contributed by atoms with E-state index in [1.807, 2.05) is 19.1 Å². The average molecular weight is 579 g/mol. The van der Waals surface area contributed by atoms with Crippen molar-refractivity contribution < 1.29 is 46.4 Å². The average Bonchev–Trinajstić information content (AvgIpc) is 2.92. The van der Waals surface area contributed by atoms with Crippen LogP contribution < -0.4 is 4.74 Å². The summed E-state index contributed by atoms with van der Waals surface area (Å²) in [7, 11) is -0.547. The number of hydrogen-bond donors (Lipinski definition) is 0. The van der Waals surface area contributed by atoms with Crippen LogP contribution in [-0.4, -0.2) is 72.0 Å². The molecule has 0 aliphatic rings. The van der Waals surface area contributed by atoms with Gasteiger partial charge in [-0.25, -0.2) is 13.2 Å². The number of carbonyl (C=O) groups excluding carboxylic acids is 2. The summed E-state index contributed by atoms with van der Waals surface area (Å²) in [6, 6.07) is 13.7. The molecule has 3 atom stereocenters. The molecule has 40 heavy (non-hydrogen) atoms. The summed E-state index contributed by atoms with van der Waals surface area (Å²) in [5, 5.41) is 0. The number of aryl methyl sites for hydroxylation is 1. The summed E-state index contributed by atoms with van der Waals surface area (Å²) >= 11 is 0. The maximum Gasteiger partial charge on any atom is 0.330 e. The third kappa shape index (κ3) is 11.9. The van der Waals surface area contributed by atoms with E-state index in [-0.39, 0.29) is 37.1 Å². The molecule has 0 unspecified atom stereocenters. The van der Waals surface area contributed by atoms with Crippen LogP contribution in [0.1, 0.15) is 31.4 Å². The minimum Gasteiger partial charge on any atom is -0.497 e. The molecule has 0 bridgehead atoms. The van der Waals surface area contributed by atoms with E-state index in [1.54, 1.807) is 45.2 Å². The van der Waals surface area contributed by atoms with Crippen molar-refractivity contribution in [3.63, 3.8) is 0 Å². The predicted molar refractivity (Wildman–Crippen MR) is 147 cm³/mol. The zero-order valence-electron chi connectivity index (χ0n) is 23.5. The molecule has 0 spiro atoms. The lowest BCUT2D eigenvalue weighted by molar-refractivity contribution is -0.159. The number of carbonyl (C=O) groups is 2. The largest absolute Gasteiger partial charge is 0.497 e. The zero-order valence-corrected chi connectivity index (χ0v) is 24.3. The molecule has 0 N–H and O–H groups in total. The Morgan fingerprint density at radius 3 is 2.25 bits per heavy atom. The van der Waals surface area contributed by atoms with E-state index in [0.717, 1.165) is 17.2 Å². The molecular formula is C29H38O10S. The fraction of sp³-hybridized carbons (Fsp3) is 0.448. The van der Waals surface area contributed by atoms with Crippen LogP contribution in [0.4, 0.5) is 0 Å². The number of methoxy groups -OCH3 is 2. The summed E-state index contributed by atoms with van der Waals surface area (Å²) in [5.74, 6) is -0.923. The molecule has 11 heteroatoms. The van der Waals surface area contributed by atoms with E-state index in [1.165, 1.54) is 25.3 Å². The van der Waals surface area contributed by atoms with Crippen molar-refractivity contribution in [3.8, 4) is 5.75 Å². The van der Waals surface area contributed by atoms with Crippen molar-refractivity contribution in [2.45, 2.75) is 57.0 Å². The third-order valence-corrected chi connectivity index (χ3v) is 7.40. The molecule has 0 aliphatic heterocycles. The number of sulfone groups is 1. The van der Waals surface area contributed by atoms with Crippen LogP contribution in [-0.2, 0) is 49.7 Å². The molecule has 2 aromatic rings. The molecule has 0 fully saturated rings. The van der Waals surface area contributed by atoms with E-state index in [2.05, 4.69) is 0 Å². The number of esters is 2. The van der Waals surface area contributed by atoms with Crippen molar-refractivity contribution in [3.05, 3.63) is 71.8 Å². The lowest BCUT2D eigenvalue weighted by Crippen LogP contribution is -2.31. The van der Waals surface area contributed by atoms with Crippen molar-refractivity contribution in [2.75, 3.05) is 33.4 Å². The second kappa shape index (κ2) is 16.8. The van der Waals surface area contributed by atoms with Crippen molar-refractivity contribution in [1.29, 1.82) is 0 Å². The van der Waals surface area contributed by atoms with Gasteiger partial charge in [0.15, 0.2) is 9.84 Å². The Bertz CT molecular complexity index is 1190. The van der Waals surface area contributed by atoms with Gasteiger partial charge in [-0.15, -0.1) is 0 Å². The topological polar surface area (TPSA) is 124 Å². The van der Waals surface area contributed by atoms with E-state index in [4.69, 9.17) is 28.4 Å². The first-order valence-corrected chi connectivity index (χ1v) is 14.4. The molecule has 2 aromatic carbocycles. The SMILES string of the molecule is COCO[C@H](C)CC(=O)O[C@@H](C)[C@@H](/C=C/C(=O)OCCS(=O)(=O)c1ccc(C)cc1)OCc1ccc(OC)cc1. The quantitative estimate of drug-likeness (QED) is 0.156. The van der Waals surface area contributed by atoms with Crippen LogP contribution >= 0.6 is 0 Å². The standard InChI is InChI=1S/C29H38O10S/c1-21-6-12-26(13-7-21)40(32,33)17-16-36-28(30)15-14-27(37-19-24-8-10-25(35-5)11-9-24)23(3)39-29(31)18-22(2)38-20-34-4/h6-15,22-23,27H,16-20H2,1-5H3/b15-14+/t22-,23+,27-/m1/s1. The van der Waals surface area contributed by atoms with Gasteiger partial charge in [-0.2, -0.15) is 0 Å². The monoisotopic (exact) mass is 578 g/mol.